The van der Waals surface area contributed by atoms with Gasteiger partial charge in [0.2, 0.25) is 0 Å². The minimum absolute atomic E-state index is 0.000248. The molecule has 9 atom stereocenters. The molecule has 6 aliphatic carbocycles. The first-order valence-corrected chi connectivity index (χ1v) is 28.2. The van der Waals surface area contributed by atoms with Crippen LogP contribution in [0.5, 0.6) is 0 Å². The fraction of sp³-hybridized carbons (Fsp3) is 0.630. The van der Waals surface area contributed by atoms with E-state index >= 15 is 4.79 Å². The Morgan fingerprint density at radius 3 is 2.50 bits per heavy atom. The third kappa shape index (κ3) is 7.94. The van der Waals surface area contributed by atoms with Crippen molar-refractivity contribution in [3.05, 3.63) is 93.3 Å². The van der Waals surface area contributed by atoms with Crippen molar-refractivity contribution in [2.75, 3.05) is 26.2 Å². The Kier molecular flexibility index (Phi) is 12.8. The SMILES string of the molecule is CCC1(C=C2OC(=O)C3=C2CCC2C4CCC5(C6=CCC(C7CCC(CCCO)CC7)C(NCC(C)O)SSC7C=CC8=C(NCC=C8C(CN8C(=O)C=CC8=O)C4=C5C(=O)O6)N7)C32)CCCC1. The molecule has 364 valence electrons. The molecule has 2 amide bonds. The Labute approximate surface area is 408 Å². The molecule has 7 aliphatic heterocycles. The quantitative estimate of drug-likeness (QED) is 0.0772. The molecule has 13 rings (SSSR count). The molecule has 1 spiro atoms. The van der Waals surface area contributed by atoms with E-state index in [1.165, 1.54) is 29.9 Å². The van der Waals surface area contributed by atoms with Crippen LogP contribution in [0.15, 0.2) is 93.3 Å². The molecule has 9 unspecified atom stereocenters. The largest absolute Gasteiger partial charge is 0.427 e. The van der Waals surface area contributed by atoms with Crippen molar-refractivity contribution in [2.45, 2.75) is 133 Å². The number of hydrogen-bond acceptors (Lipinski definition) is 13. The highest BCUT2D eigenvalue weighted by molar-refractivity contribution is 8.77. The van der Waals surface area contributed by atoms with Crippen molar-refractivity contribution in [2.24, 2.45) is 52.3 Å². The zero-order chi connectivity index (χ0) is 46.9. The van der Waals surface area contributed by atoms with Crippen LogP contribution in [0.4, 0.5) is 0 Å². The normalized spacial score (nSPS) is 37.0. The molecule has 0 aromatic rings. The molecule has 13 aliphatic rings. The molecular weight excluding hydrogens is 897 g/mol. The lowest BCUT2D eigenvalue weighted by Gasteiger charge is -2.57. The first kappa shape index (κ1) is 46.6. The van der Waals surface area contributed by atoms with Gasteiger partial charge in [-0.1, -0.05) is 72.4 Å². The molecule has 4 fully saturated rings. The van der Waals surface area contributed by atoms with Crippen molar-refractivity contribution in [1.29, 1.82) is 0 Å². The van der Waals surface area contributed by atoms with Gasteiger partial charge in [-0.05, 0) is 142 Å². The van der Waals surface area contributed by atoms with Crippen LogP contribution in [0.2, 0.25) is 0 Å². The summed E-state index contributed by atoms with van der Waals surface area (Å²) in [6.07, 6.45) is 28.4. The van der Waals surface area contributed by atoms with Crippen LogP contribution in [0.3, 0.4) is 0 Å². The highest BCUT2D eigenvalue weighted by Crippen LogP contribution is 2.72. The van der Waals surface area contributed by atoms with Crippen LogP contribution in [-0.4, -0.2) is 82.0 Å². The maximum absolute atomic E-state index is 15.4. The second kappa shape index (κ2) is 18.7. The third-order valence-electron chi connectivity index (χ3n) is 18.2. The van der Waals surface area contributed by atoms with Crippen LogP contribution < -0.4 is 16.0 Å². The number of ether oxygens (including phenoxy) is 2. The Bertz CT molecular complexity index is 2360. The van der Waals surface area contributed by atoms with Gasteiger partial charge in [-0.25, -0.2) is 9.59 Å². The summed E-state index contributed by atoms with van der Waals surface area (Å²) in [7, 11) is 3.55. The Morgan fingerprint density at radius 2 is 1.75 bits per heavy atom. The lowest BCUT2D eigenvalue weighted by atomic mass is 9.43. The maximum Gasteiger partial charge on any atom is 0.340 e. The van der Waals surface area contributed by atoms with E-state index in [4.69, 9.17) is 9.47 Å². The second-order valence-corrected chi connectivity index (χ2v) is 24.2. The molecule has 68 heavy (non-hydrogen) atoms. The van der Waals surface area contributed by atoms with Gasteiger partial charge in [0.1, 0.15) is 22.7 Å². The fourth-order valence-electron chi connectivity index (χ4n) is 14.9. The number of carbonyl (C=O) groups is 4. The van der Waals surface area contributed by atoms with Crippen LogP contribution in [0.25, 0.3) is 0 Å². The maximum atomic E-state index is 15.4. The van der Waals surface area contributed by atoms with E-state index in [0.717, 1.165) is 110 Å². The van der Waals surface area contributed by atoms with Crippen molar-refractivity contribution in [1.82, 2.24) is 20.9 Å². The summed E-state index contributed by atoms with van der Waals surface area (Å²) in [6, 6.07) is 0. The smallest absolute Gasteiger partial charge is 0.340 e. The number of allylic oxidation sites excluding steroid dienone is 6. The number of aliphatic hydroxyl groups is 2. The molecule has 0 radical (unpaired) electrons. The number of dihydropyridines is 2. The number of esters is 2. The molecule has 3 saturated carbocycles. The average molecular weight is 965 g/mol. The molecule has 12 nitrogen and oxygen atoms in total. The van der Waals surface area contributed by atoms with Crippen LogP contribution in [0, 0.1) is 52.3 Å². The predicted octanol–water partition coefficient (Wildman–Crippen LogP) is 7.91. The number of imide groups is 1. The van der Waals surface area contributed by atoms with E-state index < -0.39 is 17.4 Å². The summed E-state index contributed by atoms with van der Waals surface area (Å²) in [5, 5.41) is 31.4. The van der Waals surface area contributed by atoms with Gasteiger partial charge in [-0.2, -0.15) is 0 Å². The lowest BCUT2D eigenvalue weighted by Crippen LogP contribution is -2.54. The third-order valence-corrected chi connectivity index (χ3v) is 21.1. The number of carbonyl (C=O) groups excluding carboxylic acids is 4. The number of aliphatic hydroxyl groups excluding tert-OH is 2. The molecule has 0 aromatic carbocycles. The summed E-state index contributed by atoms with van der Waals surface area (Å²) in [5.41, 5.74) is 4.28. The summed E-state index contributed by atoms with van der Waals surface area (Å²) in [4.78, 5) is 58.5. The topological polar surface area (TPSA) is 167 Å². The highest BCUT2D eigenvalue weighted by atomic mass is 33.1. The molecule has 9 bridgehead atoms. The van der Waals surface area contributed by atoms with Gasteiger partial charge in [0.15, 0.2) is 0 Å². The van der Waals surface area contributed by atoms with Crippen LogP contribution in [0.1, 0.15) is 117 Å². The van der Waals surface area contributed by atoms with E-state index in [2.05, 4.69) is 53.3 Å². The van der Waals surface area contributed by atoms with Gasteiger partial charge >= 0.3 is 11.9 Å². The van der Waals surface area contributed by atoms with Crippen molar-refractivity contribution in [3.8, 4) is 0 Å². The van der Waals surface area contributed by atoms with E-state index in [-0.39, 0.29) is 76.7 Å². The summed E-state index contributed by atoms with van der Waals surface area (Å²) in [6.45, 7) is 5.32. The number of rotatable bonds is 11. The van der Waals surface area contributed by atoms with Gasteiger partial charge in [0.25, 0.3) is 11.8 Å². The second-order valence-electron chi connectivity index (χ2n) is 21.6. The van der Waals surface area contributed by atoms with E-state index in [9.17, 15) is 24.6 Å². The zero-order valence-corrected chi connectivity index (χ0v) is 41.2. The van der Waals surface area contributed by atoms with Gasteiger partial charge in [-0.3, -0.25) is 14.5 Å². The summed E-state index contributed by atoms with van der Waals surface area (Å²) in [5.74, 6) is 0.994. The Balaban J connectivity index is 1.10. The van der Waals surface area contributed by atoms with E-state index in [1.807, 2.05) is 6.92 Å². The van der Waals surface area contributed by atoms with Gasteiger partial charge < -0.3 is 35.6 Å². The highest BCUT2D eigenvalue weighted by Gasteiger charge is 2.69. The van der Waals surface area contributed by atoms with Gasteiger partial charge in [0.05, 0.1) is 22.5 Å². The first-order valence-electron chi connectivity index (χ1n) is 25.9. The standard InChI is InChI=1S/C54H68N4O8S2/c1-3-53(22-4-5-23-53)27-40-38-13-12-36-35-20-24-54(47(36)46(38)51(63)65-40)41-16-14-33(32-10-8-31(9-11-32)7-6-26-59)50(56-28-30(2)60)68-67-42-17-15-37-34(21-25-55-49(37)57-42)39(45(35)48(54)52(64)66-41)29-58-43(61)18-19-44(58)62/h15-19,21,27,30-33,35-36,39,42,47,50,55-57,59-60H,3-14,20,22-26,28-29H2,1-2H3. The monoisotopic (exact) mass is 964 g/mol. The summed E-state index contributed by atoms with van der Waals surface area (Å²) < 4.78 is 13.2. The Hall–Kier alpha value is -3.82. The number of amides is 2. The number of cyclic esters (lactones) is 1. The number of nitrogens with zero attached hydrogens (tertiary/aromatic N) is 1. The number of hydrogen-bond donors (Lipinski definition) is 5. The van der Waals surface area contributed by atoms with E-state index in [0.29, 0.717) is 55.5 Å². The van der Waals surface area contributed by atoms with Crippen molar-refractivity contribution in [3.63, 3.8) is 0 Å². The number of nitrogens with one attached hydrogen (secondary N) is 3. The van der Waals surface area contributed by atoms with E-state index in [1.54, 1.807) is 21.6 Å². The zero-order valence-electron chi connectivity index (χ0n) is 39.6. The van der Waals surface area contributed by atoms with Gasteiger partial charge in [-0.15, -0.1) is 0 Å². The average Bonchev–Trinajstić information content (AvgIpc) is 4.11. The molecule has 5 N–H and O–H groups in total. The lowest BCUT2D eigenvalue weighted by molar-refractivity contribution is -0.138. The fourth-order valence-corrected chi connectivity index (χ4v) is 17.8. The molecule has 0 aromatic heterocycles. The Morgan fingerprint density at radius 1 is 0.956 bits per heavy atom. The van der Waals surface area contributed by atoms with Crippen molar-refractivity contribution < 1.29 is 38.9 Å². The predicted molar refractivity (Wildman–Crippen MR) is 262 cm³/mol. The first-order chi connectivity index (χ1) is 33.0. The molecule has 1 saturated heterocycles. The van der Waals surface area contributed by atoms with Crippen molar-refractivity contribution >= 4 is 45.3 Å². The minimum Gasteiger partial charge on any atom is -0.427 e. The summed E-state index contributed by atoms with van der Waals surface area (Å²) >= 11 is 0. The van der Waals surface area contributed by atoms with Crippen LogP contribution >= 0.6 is 21.6 Å². The van der Waals surface area contributed by atoms with Crippen LogP contribution in [-0.2, 0) is 28.7 Å². The number of fused-ring (bicyclic) bond motifs is 6. The minimum atomic E-state index is -0.947. The van der Waals surface area contributed by atoms with Gasteiger partial charge in [0, 0.05) is 66.9 Å². The molecular formula is C54H68N4O8S2. The molecule has 14 heteroatoms. The molecule has 7 heterocycles.